The van der Waals surface area contributed by atoms with Gasteiger partial charge in [-0.05, 0) is 13.8 Å². The van der Waals surface area contributed by atoms with E-state index in [0.29, 0.717) is 0 Å². The molecule has 0 aliphatic rings. The van der Waals surface area contributed by atoms with Gasteiger partial charge in [-0.1, -0.05) is 31.9 Å². The van der Waals surface area contributed by atoms with Gasteiger partial charge in [0.05, 0.1) is 10.5 Å². The lowest BCUT2D eigenvalue weighted by Crippen LogP contribution is -2.26. The Morgan fingerprint density at radius 2 is 1.20 bits per heavy atom. The zero-order valence-electron chi connectivity index (χ0n) is 11.4. The number of oxime groups is 2. The number of hydrogen-bond acceptors (Lipinski definition) is 8. The van der Waals surface area contributed by atoms with Gasteiger partial charge < -0.3 is 19.9 Å². The molecular weight excluding hydrogens is 308 g/mol. The van der Waals surface area contributed by atoms with Crippen molar-refractivity contribution < 1.29 is 29.5 Å². The smallest absolute Gasteiger partial charge is 0.354 e. The molecule has 0 aromatic carbocycles. The van der Waals surface area contributed by atoms with Crippen LogP contribution in [0.25, 0.3) is 0 Å². The number of carbonyl (C=O) groups is 2. The lowest BCUT2D eigenvalue weighted by molar-refractivity contribution is -0.130. The van der Waals surface area contributed by atoms with Crippen molar-refractivity contribution >= 4 is 44.9 Å². The van der Waals surface area contributed by atoms with E-state index in [2.05, 4.69) is 20.0 Å². The summed E-state index contributed by atoms with van der Waals surface area (Å²) in [6.07, 6.45) is 0. The molecule has 0 aromatic rings. The zero-order valence-corrected chi connectivity index (χ0v) is 13.0. The van der Waals surface area contributed by atoms with Crippen LogP contribution in [0.1, 0.15) is 13.8 Å². The van der Waals surface area contributed by atoms with Gasteiger partial charge in [-0.15, -0.1) is 0 Å². The number of carboxylic acid groups (broad SMARTS) is 2. The Bertz CT molecular complexity index is 375. The van der Waals surface area contributed by atoms with Gasteiger partial charge in [0.2, 0.25) is 0 Å². The molecule has 114 valence electrons. The summed E-state index contributed by atoms with van der Waals surface area (Å²) in [6, 6.07) is 0. The molecule has 0 saturated carbocycles. The van der Waals surface area contributed by atoms with Crippen LogP contribution in [0.3, 0.4) is 0 Å². The maximum Gasteiger partial charge on any atom is 0.354 e. The predicted molar refractivity (Wildman–Crippen MR) is 78.3 cm³/mol. The summed E-state index contributed by atoms with van der Waals surface area (Å²) in [5, 5.41) is 23.8. The maximum absolute atomic E-state index is 10.9. The van der Waals surface area contributed by atoms with Crippen molar-refractivity contribution in [1.82, 2.24) is 0 Å². The second kappa shape index (κ2) is 9.48. The molecule has 0 amide bonds. The molecule has 0 aliphatic carbocycles. The highest BCUT2D eigenvalue weighted by Gasteiger charge is 2.25. The average molecular weight is 324 g/mol. The lowest BCUT2D eigenvalue weighted by atomic mass is 10.3. The molecule has 20 heavy (non-hydrogen) atoms. The second-order valence-electron chi connectivity index (χ2n) is 3.41. The van der Waals surface area contributed by atoms with Gasteiger partial charge in [0.1, 0.15) is 14.2 Å². The lowest BCUT2D eigenvalue weighted by Gasteiger charge is -2.13. The van der Waals surface area contributed by atoms with E-state index in [1.807, 2.05) is 0 Å². The van der Waals surface area contributed by atoms with Crippen molar-refractivity contribution in [2.45, 2.75) is 24.3 Å². The van der Waals surface area contributed by atoms with Gasteiger partial charge in [-0.3, -0.25) is 0 Å². The Morgan fingerprint density at radius 1 is 0.900 bits per heavy atom. The van der Waals surface area contributed by atoms with Gasteiger partial charge in [-0.2, -0.15) is 0 Å². The summed E-state index contributed by atoms with van der Waals surface area (Å²) in [7, 11) is 4.82. The standard InChI is InChI=1S/C10H16N2O6S2/c1-5(7(9(13)14)11-17-3)19-20-6(2)8(10(15)16)12-18-4/h5-6H,1-4H3,(H,13,14)(H,15,16). The van der Waals surface area contributed by atoms with Gasteiger partial charge >= 0.3 is 11.9 Å². The third kappa shape index (κ3) is 6.15. The van der Waals surface area contributed by atoms with Crippen molar-refractivity contribution in [2.24, 2.45) is 10.3 Å². The van der Waals surface area contributed by atoms with Crippen LogP contribution < -0.4 is 0 Å². The largest absolute Gasteiger partial charge is 0.477 e. The van der Waals surface area contributed by atoms with E-state index in [9.17, 15) is 9.59 Å². The molecule has 0 rings (SSSR count). The molecule has 0 bridgehead atoms. The monoisotopic (exact) mass is 324 g/mol. The van der Waals surface area contributed by atoms with Gasteiger partial charge in [0.15, 0.2) is 11.4 Å². The minimum atomic E-state index is -1.19. The molecule has 0 saturated heterocycles. The van der Waals surface area contributed by atoms with E-state index >= 15 is 0 Å². The number of nitrogens with zero attached hydrogens (tertiary/aromatic N) is 2. The Labute approximate surface area is 124 Å². The van der Waals surface area contributed by atoms with Gasteiger partial charge in [-0.25, -0.2) is 9.59 Å². The predicted octanol–water partition coefficient (Wildman–Crippen LogP) is 1.32. The second-order valence-corrected chi connectivity index (χ2v) is 6.36. The molecule has 0 radical (unpaired) electrons. The van der Waals surface area contributed by atoms with E-state index in [1.165, 1.54) is 14.2 Å². The Balaban J connectivity index is 4.68. The maximum atomic E-state index is 10.9. The van der Waals surface area contributed by atoms with Crippen molar-refractivity contribution in [1.29, 1.82) is 0 Å². The molecule has 0 heterocycles. The van der Waals surface area contributed by atoms with Crippen LogP contribution >= 0.6 is 21.6 Å². The summed E-state index contributed by atoms with van der Waals surface area (Å²) in [5.41, 5.74) is -0.310. The van der Waals surface area contributed by atoms with E-state index in [4.69, 9.17) is 10.2 Å². The quantitative estimate of drug-likeness (QED) is 0.370. The first kappa shape index (κ1) is 18.6. The van der Waals surface area contributed by atoms with Crippen LogP contribution in [0.2, 0.25) is 0 Å². The normalized spacial score (nSPS) is 15.4. The minimum Gasteiger partial charge on any atom is -0.477 e. The third-order valence-electron chi connectivity index (χ3n) is 1.93. The molecule has 0 aromatic heterocycles. The zero-order chi connectivity index (χ0) is 15.7. The van der Waals surface area contributed by atoms with Crippen LogP contribution in [0.15, 0.2) is 10.3 Å². The van der Waals surface area contributed by atoms with Crippen molar-refractivity contribution in [3.63, 3.8) is 0 Å². The minimum absolute atomic E-state index is 0.155. The first-order valence-corrected chi connectivity index (χ1v) is 7.63. The Morgan fingerprint density at radius 3 is 1.40 bits per heavy atom. The fourth-order valence-corrected chi connectivity index (χ4v) is 3.38. The van der Waals surface area contributed by atoms with Crippen molar-refractivity contribution in [3.05, 3.63) is 0 Å². The molecule has 2 atom stereocenters. The first-order valence-electron chi connectivity index (χ1n) is 5.35. The van der Waals surface area contributed by atoms with Crippen LogP contribution in [-0.4, -0.2) is 58.3 Å². The van der Waals surface area contributed by atoms with E-state index in [-0.39, 0.29) is 11.4 Å². The van der Waals surface area contributed by atoms with Gasteiger partial charge in [0.25, 0.3) is 0 Å². The van der Waals surface area contributed by atoms with E-state index in [0.717, 1.165) is 21.6 Å². The van der Waals surface area contributed by atoms with Crippen LogP contribution in [0, 0.1) is 0 Å². The number of rotatable bonds is 9. The third-order valence-corrected chi connectivity index (χ3v) is 5.13. The number of aliphatic carboxylic acids is 2. The molecule has 10 heteroatoms. The molecule has 0 aliphatic heterocycles. The summed E-state index contributed by atoms with van der Waals surface area (Å²) < 4.78 is 0. The first-order chi connectivity index (χ1) is 9.34. The molecule has 2 N–H and O–H groups in total. The van der Waals surface area contributed by atoms with Crippen molar-refractivity contribution in [3.8, 4) is 0 Å². The molecular formula is C10H16N2O6S2. The van der Waals surface area contributed by atoms with Crippen LogP contribution in [0.5, 0.6) is 0 Å². The average Bonchev–Trinajstić information content (AvgIpc) is 2.38. The SMILES string of the molecule is CON=C(C(=O)O)C(C)SSC(C)C(=NOC)C(=O)O. The summed E-state index contributed by atoms with van der Waals surface area (Å²) in [5.74, 6) is -2.38. The van der Waals surface area contributed by atoms with E-state index < -0.39 is 22.4 Å². The topological polar surface area (TPSA) is 118 Å². The van der Waals surface area contributed by atoms with Crippen LogP contribution in [0.4, 0.5) is 0 Å². The Kier molecular flexibility index (Phi) is 8.81. The summed E-state index contributed by atoms with van der Waals surface area (Å²) in [6.45, 7) is 3.26. The van der Waals surface area contributed by atoms with E-state index in [1.54, 1.807) is 13.8 Å². The number of hydrogen-bond donors (Lipinski definition) is 2. The highest BCUT2D eigenvalue weighted by Crippen LogP contribution is 2.32. The van der Waals surface area contributed by atoms with Gasteiger partial charge in [0, 0.05) is 0 Å². The summed E-state index contributed by atoms with van der Waals surface area (Å²) in [4.78, 5) is 30.8. The van der Waals surface area contributed by atoms with Crippen molar-refractivity contribution in [2.75, 3.05) is 14.2 Å². The molecule has 0 fully saturated rings. The fraction of sp³-hybridized carbons (Fsp3) is 0.600. The molecule has 2 unspecified atom stereocenters. The fourth-order valence-electron chi connectivity index (χ4n) is 1.03. The Hall–Kier alpha value is -1.42. The highest BCUT2D eigenvalue weighted by atomic mass is 33.1. The number of carboxylic acids is 2. The molecule has 8 nitrogen and oxygen atoms in total. The highest BCUT2D eigenvalue weighted by molar-refractivity contribution is 8.77. The van der Waals surface area contributed by atoms with Crippen LogP contribution in [-0.2, 0) is 19.3 Å². The summed E-state index contributed by atoms with van der Waals surface area (Å²) >= 11 is 0. The molecule has 0 spiro atoms.